The Hall–Kier alpha value is -6.32. The van der Waals surface area contributed by atoms with Gasteiger partial charge in [0.25, 0.3) is 11.5 Å². The Balaban J connectivity index is 0.939. The van der Waals surface area contributed by atoms with E-state index in [1.807, 2.05) is 37.4 Å². The molecule has 1 aliphatic carbocycles. The molecular weight excluding hydrogens is 807 g/mol. The van der Waals surface area contributed by atoms with Crippen LogP contribution in [0.2, 0.25) is 0 Å². The van der Waals surface area contributed by atoms with Gasteiger partial charge in [0.2, 0.25) is 5.91 Å². The van der Waals surface area contributed by atoms with Gasteiger partial charge in [-0.2, -0.15) is 0 Å². The van der Waals surface area contributed by atoms with E-state index >= 15 is 0 Å². The summed E-state index contributed by atoms with van der Waals surface area (Å²) >= 11 is 0. The second kappa shape index (κ2) is 17.0. The average molecular weight is 866 g/mol. The van der Waals surface area contributed by atoms with E-state index in [-0.39, 0.29) is 34.6 Å². The van der Waals surface area contributed by atoms with Crippen LogP contribution in [0.1, 0.15) is 73.5 Å². The Morgan fingerprint density at radius 3 is 2.53 bits per heavy atom. The minimum atomic E-state index is -0.397. The fraction of sp³-hybridized carbons (Fsp3) is 0.429. The molecule has 0 radical (unpaired) electrons. The molecule has 2 saturated heterocycles. The van der Waals surface area contributed by atoms with Crippen LogP contribution >= 0.6 is 0 Å². The van der Waals surface area contributed by atoms with Gasteiger partial charge in [0, 0.05) is 117 Å². The number of nitrogens with one attached hydrogen (secondary N) is 2. The smallest absolute Gasteiger partial charge is 0.293 e. The Morgan fingerprint density at radius 1 is 0.969 bits per heavy atom. The number of piperidine rings is 1. The van der Waals surface area contributed by atoms with E-state index < -0.39 is 6.61 Å². The lowest BCUT2D eigenvalue weighted by molar-refractivity contribution is -0.111. The minimum Gasteiger partial charge on any atom is -0.392 e. The summed E-state index contributed by atoms with van der Waals surface area (Å²) in [4.78, 5) is 63.4. The van der Waals surface area contributed by atoms with Gasteiger partial charge >= 0.3 is 0 Å². The lowest BCUT2D eigenvalue weighted by atomic mass is 9.90. The molecule has 3 N–H and O–H groups in total. The van der Waals surface area contributed by atoms with Crippen molar-refractivity contribution in [2.45, 2.75) is 91.6 Å². The van der Waals surface area contributed by atoms with Crippen LogP contribution in [0, 0.1) is 12.3 Å². The number of piperazine rings is 1. The van der Waals surface area contributed by atoms with Gasteiger partial charge in [0.1, 0.15) is 11.5 Å². The number of aliphatic hydroxyl groups excluding tert-OH is 1. The molecule has 1 aromatic carbocycles. The van der Waals surface area contributed by atoms with Crippen molar-refractivity contribution in [3.63, 3.8) is 0 Å². The summed E-state index contributed by atoms with van der Waals surface area (Å²) in [6, 6.07) is 14.8. The molecule has 4 aromatic heterocycles. The molecule has 7 heterocycles. The first kappa shape index (κ1) is 43.0. The van der Waals surface area contributed by atoms with Gasteiger partial charge in [-0.3, -0.25) is 29.2 Å². The molecule has 4 aliphatic rings. The topological polar surface area (TPSA) is 157 Å². The number of nitrogens with zero attached hydrogens (tertiary/aromatic N) is 9. The predicted octanol–water partition coefficient (Wildman–Crippen LogP) is 6.06. The van der Waals surface area contributed by atoms with E-state index in [0.717, 1.165) is 63.2 Å². The van der Waals surface area contributed by atoms with E-state index in [1.54, 1.807) is 30.4 Å². The Bertz CT molecular complexity index is 2710. The van der Waals surface area contributed by atoms with Crippen LogP contribution in [-0.2, 0) is 37.8 Å². The van der Waals surface area contributed by atoms with Gasteiger partial charge in [0.15, 0.2) is 5.82 Å². The van der Waals surface area contributed by atoms with Crippen LogP contribution in [-0.4, -0.2) is 96.8 Å². The molecule has 334 valence electrons. The van der Waals surface area contributed by atoms with E-state index in [9.17, 15) is 19.5 Å². The molecule has 5 aromatic rings. The summed E-state index contributed by atoms with van der Waals surface area (Å²) in [6.07, 6.45) is 10.4. The van der Waals surface area contributed by atoms with Gasteiger partial charge in [-0.1, -0.05) is 20.4 Å². The molecule has 3 atom stereocenters. The number of anilines is 6. The summed E-state index contributed by atoms with van der Waals surface area (Å²) in [6.45, 7) is 19.0. The number of aliphatic hydroxyl groups is 1. The highest BCUT2D eigenvalue weighted by Crippen LogP contribution is 2.41. The lowest BCUT2D eigenvalue weighted by Gasteiger charge is -2.48. The number of aromatic nitrogens is 5. The third kappa shape index (κ3) is 8.06. The summed E-state index contributed by atoms with van der Waals surface area (Å²) in [5.41, 5.74) is 8.60. The molecule has 64 heavy (non-hydrogen) atoms. The molecule has 2 fully saturated rings. The van der Waals surface area contributed by atoms with Crippen molar-refractivity contribution >= 4 is 46.2 Å². The van der Waals surface area contributed by atoms with Gasteiger partial charge in [0.05, 0.1) is 23.7 Å². The first-order chi connectivity index (χ1) is 30.7. The van der Waals surface area contributed by atoms with E-state index in [4.69, 9.17) is 4.98 Å². The molecule has 0 spiro atoms. The number of hydrogen-bond donors (Lipinski definition) is 3. The largest absolute Gasteiger partial charge is 0.392 e. The number of carbonyl (C=O) groups excluding carboxylic acids is 2. The highest BCUT2D eigenvalue weighted by Gasteiger charge is 2.38. The normalized spacial score (nSPS) is 20.8. The number of amides is 2. The molecule has 0 bridgehead atoms. The van der Waals surface area contributed by atoms with Gasteiger partial charge in [-0.15, -0.1) is 0 Å². The quantitative estimate of drug-likeness (QED) is 0.140. The van der Waals surface area contributed by atoms with Crippen LogP contribution in [0.15, 0.2) is 78.5 Å². The monoisotopic (exact) mass is 865 g/mol. The summed E-state index contributed by atoms with van der Waals surface area (Å²) < 4.78 is 3.59. The lowest BCUT2D eigenvalue weighted by Crippen LogP contribution is -2.58. The number of hydrogen-bond acceptors (Lipinski definition) is 11. The molecular formula is C49H59N11O4. The molecule has 15 nitrogen and oxygen atoms in total. The maximum Gasteiger partial charge on any atom is 0.293 e. The van der Waals surface area contributed by atoms with Crippen LogP contribution in [0.25, 0.3) is 11.3 Å². The number of carbonyl (C=O) groups is 2. The van der Waals surface area contributed by atoms with Crippen LogP contribution < -0.4 is 30.9 Å². The molecule has 3 aliphatic heterocycles. The van der Waals surface area contributed by atoms with E-state index in [0.29, 0.717) is 64.9 Å². The molecule has 0 saturated carbocycles. The molecule has 15 heteroatoms. The highest BCUT2D eigenvalue weighted by molar-refractivity contribution is 6.06. The Kier molecular flexibility index (Phi) is 11.4. The van der Waals surface area contributed by atoms with Gasteiger partial charge in [-0.25, -0.2) is 9.97 Å². The molecule has 1 unspecified atom stereocenters. The number of fused-ring (bicyclic) bond motifs is 3. The number of aryl methyl sites for hydroxylation is 2. The average Bonchev–Trinajstić information content (AvgIpc) is 3.77. The van der Waals surface area contributed by atoms with E-state index in [2.05, 4.69) is 86.3 Å². The third-order valence-corrected chi connectivity index (χ3v) is 13.7. The van der Waals surface area contributed by atoms with Gasteiger partial charge < -0.3 is 34.7 Å². The zero-order chi connectivity index (χ0) is 45.0. The first-order valence-corrected chi connectivity index (χ1v) is 22.5. The fourth-order valence-electron chi connectivity index (χ4n) is 10.6. The standard InChI is InChI=1S/C49H59N11O4/c1-8-44(62)53-39-24-34(9-10-41(39)58-18-17-56(27-32(58)4)35-13-16-57(31(3)22-35)36-11-14-50-30(2)21-36)52-45-48(64)55(7)28-40(54-45)37-12-15-51-46(38(37)29-61)60-20-19-59-42(47(60)63)23-33-25-49(5,6)26-43(33)59/h8-12,14-15,21,23-24,28,31-32,35,61H,1,13,16-20,22,25-27,29H2,2-7H3,(H,52,54)(H,53,62)/t31-,32-,35?/m0/s1. The number of rotatable bonds is 10. The van der Waals surface area contributed by atoms with Crippen molar-refractivity contribution in [1.29, 1.82) is 0 Å². The first-order valence-electron chi connectivity index (χ1n) is 22.5. The van der Waals surface area contributed by atoms with Crippen LogP contribution in [0.4, 0.5) is 34.4 Å². The Labute approximate surface area is 374 Å². The van der Waals surface area contributed by atoms with Crippen LogP contribution in [0.5, 0.6) is 0 Å². The summed E-state index contributed by atoms with van der Waals surface area (Å²) in [5.74, 6) is -0.0752. The molecule has 9 rings (SSSR count). The van der Waals surface area contributed by atoms with Crippen molar-refractivity contribution < 1.29 is 14.7 Å². The third-order valence-electron chi connectivity index (χ3n) is 13.7. The maximum atomic E-state index is 14.0. The predicted molar refractivity (Wildman–Crippen MR) is 252 cm³/mol. The second-order valence-corrected chi connectivity index (χ2v) is 18.8. The van der Waals surface area contributed by atoms with Crippen molar-refractivity contribution in [1.82, 2.24) is 29.0 Å². The second-order valence-electron chi connectivity index (χ2n) is 18.8. The number of pyridine rings is 2. The minimum absolute atomic E-state index is 0.0571. The molecule has 2 amide bonds. The summed E-state index contributed by atoms with van der Waals surface area (Å²) in [7, 11) is 1.65. The zero-order valence-corrected chi connectivity index (χ0v) is 37.8. The SMILES string of the molecule is C=CC(=O)Nc1cc(Nc2nc(-c3ccnc(N4CCn5c(cc6c5CC(C)(C)C6)C4=O)c3CO)cn(C)c2=O)ccc1N1CCN(C2CCN(c3ccnc(C)c3)[C@@H](C)C2)C[C@@H]1C. The van der Waals surface area contributed by atoms with E-state index in [1.165, 1.54) is 27.6 Å². The Morgan fingerprint density at radius 2 is 1.78 bits per heavy atom. The fourth-order valence-corrected chi connectivity index (χ4v) is 10.6. The zero-order valence-electron chi connectivity index (χ0n) is 37.8. The van der Waals surface area contributed by atoms with Gasteiger partial charge in [-0.05, 0) is 106 Å². The van der Waals surface area contributed by atoms with Crippen molar-refractivity contribution in [2.75, 3.05) is 58.1 Å². The highest BCUT2D eigenvalue weighted by atomic mass is 16.3. The maximum absolute atomic E-state index is 14.0. The van der Waals surface area contributed by atoms with Crippen molar-refractivity contribution in [3.8, 4) is 11.3 Å². The van der Waals surface area contributed by atoms with Crippen molar-refractivity contribution in [3.05, 3.63) is 112 Å². The van der Waals surface area contributed by atoms with Crippen LogP contribution in [0.3, 0.4) is 0 Å². The van der Waals surface area contributed by atoms with Crippen molar-refractivity contribution in [2.24, 2.45) is 12.5 Å². The number of benzene rings is 1. The summed E-state index contributed by atoms with van der Waals surface area (Å²) in [5, 5.41) is 17.1.